The molecule has 0 atom stereocenters. The van der Waals surface area contributed by atoms with Gasteiger partial charge in [-0.05, 0) is 37.1 Å². The summed E-state index contributed by atoms with van der Waals surface area (Å²) in [4.78, 5) is 34.7. The van der Waals surface area contributed by atoms with Crippen LogP contribution in [0.1, 0.15) is 37.0 Å². The number of carbonyl (C=O) groups is 3. The fourth-order valence-electron chi connectivity index (χ4n) is 1.59. The maximum atomic E-state index is 11.8. The smallest absolute Gasteiger partial charge is 0.333 e. The van der Waals surface area contributed by atoms with E-state index in [1.807, 2.05) is 13.8 Å². The van der Waals surface area contributed by atoms with Crippen molar-refractivity contribution in [2.45, 2.75) is 26.7 Å². The molecule has 0 saturated carbocycles. The lowest BCUT2D eigenvalue weighted by atomic mass is 10.2. The van der Waals surface area contributed by atoms with Crippen LogP contribution in [-0.4, -0.2) is 31.1 Å². The standard InChI is InChI=1S/C15H23N5O3/c1-3-9-16-14(22)18-12-7-5-11(6-8-12)13(21)19-20-15(23)17-10-4-2/h5-8H,3-4,9-10H2,1-2H3,(H,19,21)(H2,16,18,22)(H2,17,20,23). The number of hydrogen-bond donors (Lipinski definition) is 5. The topological polar surface area (TPSA) is 111 Å². The number of rotatable bonds is 6. The Bertz CT molecular complexity index is 530. The predicted molar refractivity (Wildman–Crippen MR) is 88.0 cm³/mol. The molecule has 0 unspecified atom stereocenters. The van der Waals surface area contributed by atoms with Gasteiger partial charge in [-0.2, -0.15) is 0 Å². The summed E-state index contributed by atoms with van der Waals surface area (Å²) < 4.78 is 0. The SMILES string of the molecule is CCCNC(=O)NNC(=O)c1ccc(NC(=O)NCCC)cc1. The van der Waals surface area contributed by atoms with Crippen molar-refractivity contribution in [2.75, 3.05) is 18.4 Å². The molecule has 0 radical (unpaired) electrons. The second kappa shape index (κ2) is 10.0. The van der Waals surface area contributed by atoms with Crippen LogP contribution in [0.3, 0.4) is 0 Å². The maximum absolute atomic E-state index is 11.8. The van der Waals surface area contributed by atoms with Gasteiger partial charge in [0.2, 0.25) is 0 Å². The minimum absolute atomic E-state index is 0.293. The van der Waals surface area contributed by atoms with Crippen LogP contribution < -0.4 is 26.8 Å². The predicted octanol–water partition coefficient (Wildman–Crippen LogP) is 1.57. The lowest BCUT2D eigenvalue weighted by Gasteiger charge is -2.09. The minimum atomic E-state index is -0.467. The molecule has 5 amide bonds. The molecule has 8 nitrogen and oxygen atoms in total. The fourth-order valence-corrected chi connectivity index (χ4v) is 1.59. The summed E-state index contributed by atoms with van der Waals surface area (Å²) in [7, 11) is 0. The van der Waals surface area contributed by atoms with Gasteiger partial charge in [0.1, 0.15) is 0 Å². The molecule has 1 aromatic rings. The van der Waals surface area contributed by atoms with Crippen LogP contribution in [0.15, 0.2) is 24.3 Å². The zero-order valence-electron chi connectivity index (χ0n) is 13.4. The second-order valence-electron chi connectivity index (χ2n) is 4.79. The van der Waals surface area contributed by atoms with Crippen molar-refractivity contribution in [3.8, 4) is 0 Å². The Kier molecular flexibility index (Phi) is 7.98. The van der Waals surface area contributed by atoms with Gasteiger partial charge in [-0.15, -0.1) is 0 Å². The van der Waals surface area contributed by atoms with E-state index in [0.29, 0.717) is 24.3 Å². The van der Waals surface area contributed by atoms with Crippen molar-refractivity contribution in [1.29, 1.82) is 0 Å². The van der Waals surface area contributed by atoms with Crippen LogP contribution in [0.5, 0.6) is 0 Å². The van der Waals surface area contributed by atoms with Crippen LogP contribution in [0.2, 0.25) is 0 Å². The Morgan fingerprint density at radius 1 is 0.826 bits per heavy atom. The van der Waals surface area contributed by atoms with Gasteiger partial charge in [-0.3, -0.25) is 10.2 Å². The van der Waals surface area contributed by atoms with Gasteiger partial charge in [0.05, 0.1) is 0 Å². The molecule has 0 fully saturated rings. The minimum Gasteiger partial charge on any atom is -0.338 e. The lowest BCUT2D eigenvalue weighted by molar-refractivity contribution is 0.0936. The lowest BCUT2D eigenvalue weighted by Crippen LogP contribution is -2.47. The third kappa shape index (κ3) is 7.16. The van der Waals surface area contributed by atoms with Gasteiger partial charge >= 0.3 is 12.1 Å². The molecule has 126 valence electrons. The van der Waals surface area contributed by atoms with E-state index in [0.717, 1.165) is 12.8 Å². The Morgan fingerprint density at radius 3 is 1.96 bits per heavy atom. The molecular weight excluding hydrogens is 298 g/mol. The van der Waals surface area contributed by atoms with E-state index in [9.17, 15) is 14.4 Å². The van der Waals surface area contributed by atoms with Crippen molar-refractivity contribution < 1.29 is 14.4 Å². The third-order valence-electron chi connectivity index (χ3n) is 2.77. The van der Waals surface area contributed by atoms with E-state index in [1.165, 1.54) is 0 Å². The van der Waals surface area contributed by atoms with E-state index < -0.39 is 11.9 Å². The fraction of sp³-hybridized carbons (Fsp3) is 0.400. The van der Waals surface area contributed by atoms with Gasteiger partial charge in [0.25, 0.3) is 5.91 Å². The molecule has 8 heteroatoms. The van der Waals surface area contributed by atoms with Gasteiger partial charge in [0, 0.05) is 24.3 Å². The highest BCUT2D eigenvalue weighted by Crippen LogP contribution is 2.09. The zero-order valence-corrected chi connectivity index (χ0v) is 13.4. The molecule has 5 N–H and O–H groups in total. The summed E-state index contributed by atoms with van der Waals surface area (Å²) in [5, 5.41) is 7.91. The molecular formula is C15H23N5O3. The normalized spacial score (nSPS) is 9.65. The average molecular weight is 321 g/mol. The van der Waals surface area contributed by atoms with Crippen molar-refractivity contribution in [2.24, 2.45) is 0 Å². The van der Waals surface area contributed by atoms with Gasteiger partial charge in [-0.25, -0.2) is 15.0 Å². The number of hydrazine groups is 1. The van der Waals surface area contributed by atoms with Crippen LogP contribution in [0.4, 0.5) is 15.3 Å². The van der Waals surface area contributed by atoms with E-state index in [2.05, 4.69) is 26.8 Å². The molecule has 23 heavy (non-hydrogen) atoms. The van der Waals surface area contributed by atoms with E-state index in [1.54, 1.807) is 24.3 Å². The molecule has 0 aromatic heterocycles. The highest BCUT2D eigenvalue weighted by molar-refractivity contribution is 5.96. The van der Waals surface area contributed by atoms with Crippen LogP contribution in [0, 0.1) is 0 Å². The Hall–Kier alpha value is -2.77. The number of nitrogens with one attached hydrogen (secondary N) is 5. The number of urea groups is 2. The Morgan fingerprint density at radius 2 is 1.39 bits per heavy atom. The summed E-state index contributed by atoms with van der Waals surface area (Å²) in [6.07, 6.45) is 1.66. The number of carbonyl (C=O) groups excluding carboxylic acids is 3. The first-order valence-electron chi connectivity index (χ1n) is 7.56. The van der Waals surface area contributed by atoms with Gasteiger partial charge < -0.3 is 16.0 Å². The number of anilines is 1. The molecule has 0 bridgehead atoms. The first-order valence-corrected chi connectivity index (χ1v) is 7.56. The Balaban J connectivity index is 2.44. The van der Waals surface area contributed by atoms with Crippen molar-refractivity contribution >= 4 is 23.7 Å². The number of amides is 5. The van der Waals surface area contributed by atoms with Crippen molar-refractivity contribution in [3.63, 3.8) is 0 Å². The molecule has 0 aliphatic carbocycles. The summed E-state index contributed by atoms with van der Waals surface area (Å²) >= 11 is 0. The molecule has 0 aliphatic heterocycles. The first-order chi connectivity index (χ1) is 11.1. The van der Waals surface area contributed by atoms with Crippen molar-refractivity contribution in [1.82, 2.24) is 21.5 Å². The second-order valence-corrected chi connectivity index (χ2v) is 4.79. The summed E-state index contributed by atoms with van der Waals surface area (Å²) in [6, 6.07) is 5.56. The third-order valence-corrected chi connectivity index (χ3v) is 2.77. The molecule has 0 heterocycles. The molecule has 1 rings (SSSR count). The summed E-state index contributed by atoms with van der Waals surface area (Å²) in [5.74, 6) is -0.446. The van der Waals surface area contributed by atoms with E-state index in [4.69, 9.17) is 0 Å². The molecule has 0 spiro atoms. The zero-order chi connectivity index (χ0) is 17.1. The summed E-state index contributed by atoms with van der Waals surface area (Å²) in [6.45, 7) is 5.02. The van der Waals surface area contributed by atoms with E-state index >= 15 is 0 Å². The number of hydrogen-bond acceptors (Lipinski definition) is 3. The molecule has 0 saturated heterocycles. The highest BCUT2D eigenvalue weighted by Gasteiger charge is 2.07. The van der Waals surface area contributed by atoms with Gasteiger partial charge in [-0.1, -0.05) is 13.8 Å². The first kappa shape index (κ1) is 18.3. The van der Waals surface area contributed by atoms with E-state index in [-0.39, 0.29) is 6.03 Å². The van der Waals surface area contributed by atoms with Crippen LogP contribution in [0.25, 0.3) is 0 Å². The van der Waals surface area contributed by atoms with Gasteiger partial charge in [0.15, 0.2) is 0 Å². The molecule has 1 aromatic carbocycles. The number of benzene rings is 1. The van der Waals surface area contributed by atoms with Crippen LogP contribution in [-0.2, 0) is 0 Å². The molecule has 0 aliphatic rings. The Labute approximate surface area is 135 Å². The van der Waals surface area contributed by atoms with Crippen molar-refractivity contribution in [3.05, 3.63) is 29.8 Å². The average Bonchev–Trinajstić information content (AvgIpc) is 2.56. The summed E-state index contributed by atoms with van der Waals surface area (Å²) in [5.41, 5.74) is 5.49. The van der Waals surface area contributed by atoms with Crippen LogP contribution >= 0.6 is 0 Å². The highest BCUT2D eigenvalue weighted by atomic mass is 16.2. The largest absolute Gasteiger partial charge is 0.338 e. The maximum Gasteiger partial charge on any atom is 0.333 e. The quantitative estimate of drug-likeness (QED) is 0.513. The monoisotopic (exact) mass is 321 g/mol.